The van der Waals surface area contributed by atoms with Gasteiger partial charge in [-0.2, -0.15) is 0 Å². The monoisotopic (exact) mass is 529 g/mol. The van der Waals surface area contributed by atoms with Crippen LogP contribution >= 0.6 is 0 Å². The first-order chi connectivity index (χ1) is 18.9. The molecule has 1 saturated heterocycles. The molecule has 39 heavy (non-hydrogen) atoms. The Balaban J connectivity index is 1.53. The fourth-order valence-corrected chi connectivity index (χ4v) is 5.05. The molecular formula is C29H31N5O5. The summed E-state index contributed by atoms with van der Waals surface area (Å²) in [6, 6.07) is 14.4. The number of fused-ring (bicyclic) bond motifs is 2. The first kappa shape index (κ1) is 26.1. The number of pyridine rings is 2. The van der Waals surface area contributed by atoms with Crippen LogP contribution in [0.25, 0.3) is 16.7 Å². The van der Waals surface area contributed by atoms with Crippen molar-refractivity contribution < 1.29 is 19.1 Å². The van der Waals surface area contributed by atoms with Gasteiger partial charge in [-0.3, -0.25) is 24.2 Å². The minimum absolute atomic E-state index is 0.000656. The van der Waals surface area contributed by atoms with Gasteiger partial charge in [0, 0.05) is 25.8 Å². The molecule has 3 aromatic heterocycles. The second-order valence-electron chi connectivity index (χ2n) is 9.56. The van der Waals surface area contributed by atoms with Gasteiger partial charge in [-0.1, -0.05) is 18.2 Å². The number of hydrogen-bond donors (Lipinski definition) is 1. The van der Waals surface area contributed by atoms with Crippen LogP contribution in [-0.4, -0.2) is 57.5 Å². The minimum atomic E-state index is -0.333. The van der Waals surface area contributed by atoms with Crippen LogP contribution in [0.4, 0.5) is 0 Å². The third-order valence-electron chi connectivity index (χ3n) is 7.23. The van der Waals surface area contributed by atoms with Crippen molar-refractivity contribution in [3.8, 4) is 5.75 Å². The molecule has 1 N–H and O–H groups in total. The van der Waals surface area contributed by atoms with E-state index in [0.717, 1.165) is 11.3 Å². The van der Waals surface area contributed by atoms with Crippen molar-refractivity contribution >= 4 is 28.6 Å². The number of hydrogen-bond acceptors (Lipinski definition) is 7. The Bertz CT molecular complexity index is 1650. The summed E-state index contributed by atoms with van der Waals surface area (Å²) in [5.74, 6) is -0.0620. The second kappa shape index (κ2) is 11.1. The number of rotatable bonds is 7. The molecule has 10 heteroatoms. The normalized spacial score (nSPS) is 14.1. The van der Waals surface area contributed by atoms with Gasteiger partial charge >= 0.3 is 5.97 Å². The number of benzene rings is 1. The Morgan fingerprint density at radius 2 is 1.85 bits per heavy atom. The van der Waals surface area contributed by atoms with Crippen molar-refractivity contribution in [2.45, 2.75) is 32.7 Å². The molecule has 0 atom stereocenters. The Morgan fingerprint density at radius 1 is 1.10 bits per heavy atom. The van der Waals surface area contributed by atoms with Gasteiger partial charge in [0.1, 0.15) is 22.5 Å². The molecule has 5 rings (SSSR count). The minimum Gasteiger partial charge on any atom is -0.497 e. The summed E-state index contributed by atoms with van der Waals surface area (Å²) >= 11 is 0. The van der Waals surface area contributed by atoms with Crippen molar-refractivity contribution in [1.29, 1.82) is 5.41 Å². The predicted molar refractivity (Wildman–Crippen MR) is 145 cm³/mol. The summed E-state index contributed by atoms with van der Waals surface area (Å²) < 4.78 is 13.5. The second-order valence-corrected chi connectivity index (χ2v) is 9.56. The third kappa shape index (κ3) is 5.14. The summed E-state index contributed by atoms with van der Waals surface area (Å²) in [6.07, 6.45) is 3.20. The molecule has 202 valence electrons. The van der Waals surface area contributed by atoms with Crippen molar-refractivity contribution in [3.05, 3.63) is 81.7 Å². The van der Waals surface area contributed by atoms with Crippen molar-refractivity contribution in [2.24, 2.45) is 5.92 Å². The fraction of sp³-hybridized carbons (Fsp3) is 0.345. The molecule has 0 aliphatic carbocycles. The van der Waals surface area contributed by atoms with E-state index in [9.17, 15) is 14.4 Å². The van der Waals surface area contributed by atoms with Crippen LogP contribution in [0, 0.1) is 11.3 Å². The van der Waals surface area contributed by atoms with Gasteiger partial charge in [0.25, 0.3) is 11.5 Å². The maximum atomic E-state index is 13.7. The van der Waals surface area contributed by atoms with Gasteiger partial charge < -0.3 is 18.9 Å². The average molecular weight is 530 g/mol. The molecule has 1 fully saturated rings. The molecule has 1 amide bonds. The summed E-state index contributed by atoms with van der Waals surface area (Å²) in [5.41, 5.74) is 1.69. The lowest BCUT2D eigenvalue weighted by Crippen LogP contribution is -2.43. The first-order valence-corrected chi connectivity index (χ1v) is 13.1. The number of esters is 1. The smallest absolute Gasteiger partial charge is 0.309 e. The van der Waals surface area contributed by atoms with Crippen molar-refractivity contribution in [3.63, 3.8) is 0 Å². The van der Waals surface area contributed by atoms with Gasteiger partial charge in [0.05, 0.1) is 30.6 Å². The van der Waals surface area contributed by atoms with E-state index in [2.05, 4.69) is 0 Å². The maximum Gasteiger partial charge on any atom is 0.309 e. The van der Waals surface area contributed by atoms with E-state index in [1.807, 2.05) is 24.3 Å². The number of aromatic nitrogens is 3. The van der Waals surface area contributed by atoms with E-state index < -0.39 is 0 Å². The number of nitrogens with one attached hydrogen (secondary N) is 1. The SMILES string of the molecule is CCOC(=O)C1CCN(C(=O)c2cc3c(=O)n4ccccc4nc3n(CCc3ccc(OC)cc3)c2=N)CC1. The number of nitrogens with zero attached hydrogens (tertiary/aromatic N) is 4. The summed E-state index contributed by atoms with van der Waals surface area (Å²) in [7, 11) is 1.61. The van der Waals surface area contributed by atoms with Crippen molar-refractivity contribution in [2.75, 3.05) is 26.8 Å². The zero-order chi connectivity index (χ0) is 27.5. The highest BCUT2D eigenvalue weighted by Gasteiger charge is 2.30. The average Bonchev–Trinajstić information content (AvgIpc) is 2.97. The zero-order valence-corrected chi connectivity index (χ0v) is 22.1. The third-order valence-corrected chi connectivity index (χ3v) is 7.23. The van der Waals surface area contributed by atoms with Crippen LogP contribution < -0.4 is 15.8 Å². The first-order valence-electron chi connectivity index (χ1n) is 13.1. The highest BCUT2D eigenvalue weighted by Crippen LogP contribution is 2.21. The Morgan fingerprint density at radius 3 is 2.54 bits per heavy atom. The number of carbonyl (C=O) groups is 2. The van der Waals surface area contributed by atoms with E-state index >= 15 is 0 Å². The quantitative estimate of drug-likeness (QED) is 0.291. The molecular weight excluding hydrogens is 498 g/mol. The number of likely N-dealkylation sites (tertiary alicyclic amines) is 1. The maximum absolute atomic E-state index is 13.7. The summed E-state index contributed by atoms with van der Waals surface area (Å²) in [5, 5.41) is 9.29. The zero-order valence-electron chi connectivity index (χ0n) is 22.1. The van der Waals surface area contributed by atoms with E-state index in [0.29, 0.717) is 56.8 Å². The molecule has 1 aliphatic heterocycles. The summed E-state index contributed by atoms with van der Waals surface area (Å²) in [4.78, 5) is 45.7. The number of methoxy groups -OCH3 is 1. The van der Waals surface area contributed by atoms with Crippen LogP contribution in [0.3, 0.4) is 0 Å². The molecule has 10 nitrogen and oxygen atoms in total. The van der Waals surface area contributed by atoms with E-state index in [1.54, 1.807) is 47.9 Å². The fourth-order valence-electron chi connectivity index (χ4n) is 5.05. The molecule has 1 aliphatic rings. The highest BCUT2D eigenvalue weighted by molar-refractivity contribution is 5.97. The largest absolute Gasteiger partial charge is 0.497 e. The van der Waals surface area contributed by atoms with E-state index in [-0.39, 0.29) is 39.8 Å². The van der Waals surface area contributed by atoms with Gasteiger partial charge in [-0.05, 0) is 62.1 Å². The number of aryl methyl sites for hydroxylation is 2. The van der Waals surface area contributed by atoms with Crippen LogP contribution in [0.2, 0.25) is 0 Å². The lowest BCUT2D eigenvalue weighted by Gasteiger charge is -2.31. The van der Waals surface area contributed by atoms with Crippen molar-refractivity contribution in [1.82, 2.24) is 18.9 Å². The molecule has 0 unspecified atom stereocenters. The molecule has 4 aromatic rings. The standard InChI is InChI=1S/C29H31N5O5/c1-3-39-29(37)20-12-15-32(16-13-20)27(35)22-18-23-26(31-24-6-4-5-14-33(24)28(23)36)34(25(22)30)17-11-19-7-9-21(38-2)10-8-19/h4-10,14,18,20,30H,3,11-13,15-17H2,1-2H3. The number of piperidine rings is 1. The molecule has 4 heterocycles. The molecule has 0 spiro atoms. The molecule has 0 bridgehead atoms. The predicted octanol–water partition coefficient (Wildman–Crippen LogP) is 2.80. The summed E-state index contributed by atoms with van der Waals surface area (Å²) in [6.45, 7) is 3.20. The number of carbonyl (C=O) groups excluding carboxylic acids is 2. The molecule has 0 radical (unpaired) electrons. The highest BCUT2D eigenvalue weighted by atomic mass is 16.5. The number of amides is 1. The Hall–Kier alpha value is -4.47. The van der Waals surface area contributed by atoms with Crippen LogP contribution in [-0.2, 0) is 22.5 Å². The Kier molecular flexibility index (Phi) is 7.44. The molecule has 0 saturated carbocycles. The van der Waals surface area contributed by atoms with Gasteiger partial charge in [-0.15, -0.1) is 0 Å². The number of ether oxygens (including phenoxy) is 2. The van der Waals surface area contributed by atoms with Crippen LogP contribution in [0.1, 0.15) is 35.7 Å². The lowest BCUT2D eigenvalue weighted by molar-refractivity contribution is -0.149. The Labute approximate surface area is 224 Å². The topological polar surface area (TPSA) is 119 Å². The van der Waals surface area contributed by atoms with Gasteiger partial charge in [0.2, 0.25) is 0 Å². The van der Waals surface area contributed by atoms with Gasteiger partial charge in [-0.25, -0.2) is 4.98 Å². The van der Waals surface area contributed by atoms with E-state index in [1.165, 1.54) is 10.5 Å². The van der Waals surface area contributed by atoms with Crippen LogP contribution in [0.15, 0.2) is 59.5 Å². The lowest BCUT2D eigenvalue weighted by atomic mass is 9.96. The van der Waals surface area contributed by atoms with E-state index in [4.69, 9.17) is 19.9 Å². The molecule has 1 aromatic carbocycles. The van der Waals surface area contributed by atoms with Gasteiger partial charge in [0.15, 0.2) is 0 Å². The van der Waals surface area contributed by atoms with Crippen LogP contribution in [0.5, 0.6) is 5.75 Å².